The molecule has 1 fully saturated rings. The number of nitrogens with one attached hydrogen (secondary N) is 2. The summed E-state index contributed by atoms with van der Waals surface area (Å²) in [6.45, 7) is 5.58. The van der Waals surface area contributed by atoms with Crippen LogP contribution in [0.3, 0.4) is 0 Å². The third-order valence-electron chi connectivity index (χ3n) is 4.67. The minimum Gasteiger partial charge on any atom is -0.317 e. The van der Waals surface area contributed by atoms with Gasteiger partial charge in [-0.15, -0.1) is 0 Å². The second-order valence-corrected chi connectivity index (χ2v) is 6.39. The van der Waals surface area contributed by atoms with Gasteiger partial charge in [-0.05, 0) is 63.0 Å². The highest BCUT2D eigenvalue weighted by molar-refractivity contribution is 6.04. The fraction of sp³-hybridized carbons (Fsp3) is 0.421. The van der Waals surface area contributed by atoms with Gasteiger partial charge in [-0.3, -0.25) is 9.59 Å². The van der Waals surface area contributed by atoms with E-state index in [4.69, 9.17) is 0 Å². The molecule has 6 nitrogen and oxygen atoms in total. The number of carbonyl (C=O) groups excluding carboxylic acids is 1. The van der Waals surface area contributed by atoms with Crippen LogP contribution in [0, 0.1) is 6.92 Å². The van der Waals surface area contributed by atoms with E-state index in [1.165, 1.54) is 0 Å². The number of aryl methyl sites for hydroxylation is 2. The van der Waals surface area contributed by atoms with Crippen molar-refractivity contribution in [2.24, 2.45) is 0 Å². The van der Waals surface area contributed by atoms with Gasteiger partial charge in [0.1, 0.15) is 11.4 Å². The van der Waals surface area contributed by atoms with E-state index in [2.05, 4.69) is 15.6 Å². The Kier molecular flexibility index (Phi) is 5.28. The van der Waals surface area contributed by atoms with E-state index in [1.807, 2.05) is 25.1 Å². The van der Waals surface area contributed by atoms with Gasteiger partial charge < -0.3 is 15.2 Å². The molecule has 132 valence electrons. The molecule has 2 N–H and O–H groups in total. The van der Waals surface area contributed by atoms with E-state index in [1.54, 1.807) is 23.8 Å². The van der Waals surface area contributed by atoms with Crippen molar-refractivity contribution < 1.29 is 4.79 Å². The molecule has 25 heavy (non-hydrogen) atoms. The SMILES string of the molecule is CCc1cccc(NC(=O)c2c(C)ccn(C3CCNCC3)c2=O)n1. The van der Waals surface area contributed by atoms with Crippen LogP contribution in [0.15, 0.2) is 35.3 Å². The van der Waals surface area contributed by atoms with Gasteiger partial charge in [0.15, 0.2) is 0 Å². The van der Waals surface area contributed by atoms with Crippen LogP contribution in [0.25, 0.3) is 0 Å². The van der Waals surface area contributed by atoms with Crippen molar-refractivity contribution in [3.63, 3.8) is 0 Å². The Morgan fingerprint density at radius 3 is 2.80 bits per heavy atom. The lowest BCUT2D eigenvalue weighted by Crippen LogP contribution is -2.37. The topological polar surface area (TPSA) is 76.0 Å². The summed E-state index contributed by atoms with van der Waals surface area (Å²) in [6.07, 6.45) is 4.38. The zero-order chi connectivity index (χ0) is 17.8. The van der Waals surface area contributed by atoms with E-state index in [0.717, 1.165) is 38.0 Å². The first kappa shape index (κ1) is 17.4. The molecule has 0 aromatic carbocycles. The molecular weight excluding hydrogens is 316 g/mol. The number of aromatic nitrogens is 2. The molecule has 2 aromatic heterocycles. The molecule has 1 aliphatic heterocycles. The van der Waals surface area contributed by atoms with E-state index in [0.29, 0.717) is 11.4 Å². The minimum atomic E-state index is -0.397. The van der Waals surface area contributed by atoms with Crippen molar-refractivity contribution in [2.45, 2.75) is 39.2 Å². The summed E-state index contributed by atoms with van der Waals surface area (Å²) in [5.41, 5.74) is 1.55. The van der Waals surface area contributed by atoms with Crippen LogP contribution in [0.4, 0.5) is 5.82 Å². The molecule has 0 atom stereocenters. The lowest BCUT2D eigenvalue weighted by atomic mass is 10.0. The van der Waals surface area contributed by atoms with Crippen LogP contribution in [0.2, 0.25) is 0 Å². The van der Waals surface area contributed by atoms with Crippen LogP contribution in [0.1, 0.15) is 47.4 Å². The maximum absolute atomic E-state index is 12.9. The van der Waals surface area contributed by atoms with Crippen molar-refractivity contribution >= 4 is 11.7 Å². The quantitative estimate of drug-likeness (QED) is 0.895. The van der Waals surface area contributed by atoms with Crippen LogP contribution < -0.4 is 16.2 Å². The van der Waals surface area contributed by atoms with Crippen molar-refractivity contribution in [1.29, 1.82) is 0 Å². The Bertz CT molecular complexity index is 822. The first-order valence-corrected chi connectivity index (χ1v) is 8.80. The van der Waals surface area contributed by atoms with Gasteiger partial charge in [0.05, 0.1) is 0 Å². The van der Waals surface area contributed by atoms with Crippen LogP contribution in [-0.4, -0.2) is 28.5 Å². The van der Waals surface area contributed by atoms with E-state index < -0.39 is 5.91 Å². The Labute approximate surface area is 147 Å². The van der Waals surface area contributed by atoms with E-state index in [9.17, 15) is 9.59 Å². The fourth-order valence-corrected chi connectivity index (χ4v) is 3.21. The maximum atomic E-state index is 12.9. The van der Waals surface area contributed by atoms with Crippen LogP contribution in [0.5, 0.6) is 0 Å². The molecule has 6 heteroatoms. The number of rotatable bonds is 4. The summed E-state index contributed by atoms with van der Waals surface area (Å²) in [7, 11) is 0. The monoisotopic (exact) mass is 340 g/mol. The lowest BCUT2D eigenvalue weighted by Gasteiger charge is -2.25. The zero-order valence-electron chi connectivity index (χ0n) is 14.7. The molecule has 0 bridgehead atoms. The molecular formula is C19H24N4O2. The fourth-order valence-electron chi connectivity index (χ4n) is 3.21. The standard InChI is InChI=1S/C19H24N4O2/c1-3-14-5-4-6-16(21-14)22-18(24)17-13(2)9-12-23(19(17)25)15-7-10-20-11-8-15/h4-6,9,12,15,20H,3,7-8,10-11H2,1-2H3,(H,21,22,24). The average molecular weight is 340 g/mol. The Hall–Kier alpha value is -2.47. The van der Waals surface area contributed by atoms with E-state index in [-0.39, 0.29) is 17.2 Å². The summed E-state index contributed by atoms with van der Waals surface area (Å²) >= 11 is 0. The normalized spacial score (nSPS) is 15.1. The van der Waals surface area contributed by atoms with Gasteiger partial charge in [-0.1, -0.05) is 13.0 Å². The second-order valence-electron chi connectivity index (χ2n) is 6.39. The number of pyridine rings is 2. The third-order valence-corrected chi connectivity index (χ3v) is 4.67. The molecule has 0 saturated carbocycles. The molecule has 0 spiro atoms. The van der Waals surface area contributed by atoms with Gasteiger partial charge in [0.25, 0.3) is 11.5 Å². The summed E-state index contributed by atoms with van der Waals surface area (Å²) in [6, 6.07) is 7.48. The predicted octanol–water partition coefficient (Wildman–Crippen LogP) is 2.29. The van der Waals surface area contributed by atoms with Crippen molar-refractivity contribution in [1.82, 2.24) is 14.9 Å². The highest BCUT2D eigenvalue weighted by atomic mass is 16.2. The number of hydrogen-bond donors (Lipinski definition) is 2. The first-order valence-electron chi connectivity index (χ1n) is 8.80. The van der Waals surface area contributed by atoms with Gasteiger partial charge in [0.2, 0.25) is 0 Å². The summed E-state index contributed by atoms with van der Waals surface area (Å²) < 4.78 is 1.71. The number of carbonyl (C=O) groups is 1. The van der Waals surface area contributed by atoms with Crippen LogP contribution >= 0.6 is 0 Å². The number of amides is 1. The Balaban J connectivity index is 1.90. The molecule has 2 aromatic rings. The number of anilines is 1. The highest BCUT2D eigenvalue weighted by Gasteiger charge is 2.21. The zero-order valence-corrected chi connectivity index (χ0v) is 14.7. The van der Waals surface area contributed by atoms with Gasteiger partial charge in [0, 0.05) is 17.9 Å². The molecule has 3 heterocycles. The van der Waals surface area contributed by atoms with Crippen molar-refractivity contribution in [2.75, 3.05) is 18.4 Å². The third kappa shape index (κ3) is 3.79. The minimum absolute atomic E-state index is 0.141. The predicted molar refractivity (Wildman–Crippen MR) is 98.1 cm³/mol. The molecule has 1 saturated heterocycles. The molecule has 0 unspecified atom stereocenters. The summed E-state index contributed by atoms with van der Waals surface area (Å²) in [4.78, 5) is 30.0. The highest BCUT2D eigenvalue weighted by Crippen LogP contribution is 2.17. The van der Waals surface area contributed by atoms with Crippen molar-refractivity contribution in [3.05, 3.63) is 57.6 Å². The van der Waals surface area contributed by atoms with Gasteiger partial charge in [-0.25, -0.2) is 4.98 Å². The first-order chi connectivity index (χ1) is 12.1. The number of nitrogens with zero attached hydrogens (tertiary/aromatic N) is 2. The largest absolute Gasteiger partial charge is 0.317 e. The molecule has 1 amide bonds. The maximum Gasteiger partial charge on any atom is 0.263 e. The smallest absolute Gasteiger partial charge is 0.263 e. The molecule has 0 aliphatic carbocycles. The molecule has 0 radical (unpaired) electrons. The van der Waals surface area contributed by atoms with Crippen LogP contribution in [-0.2, 0) is 6.42 Å². The molecule has 1 aliphatic rings. The van der Waals surface area contributed by atoms with Crippen molar-refractivity contribution in [3.8, 4) is 0 Å². The Morgan fingerprint density at radius 2 is 2.08 bits per heavy atom. The number of piperidine rings is 1. The van der Waals surface area contributed by atoms with Gasteiger partial charge in [-0.2, -0.15) is 0 Å². The average Bonchev–Trinajstić information content (AvgIpc) is 2.62. The number of hydrogen-bond acceptors (Lipinski definition) is 4. The second kappa shape index (κ2) is 7.61. The lowest BCUT2D eigenvalue weighted by molar-refractivity contribution is 0.102. The van der Waals surface area contributed by atoms with E-state index >= 15 is 0 Å². The summed E-state index contributed by atoms with van der Waals surface area (Å²) in [5.74, 6) is 0.0759. The Morgan fingerprint density at radius 1 is 1.32 bits per heavy atom. The summed E-state index contributed by atoms with van der Waals surface area (Å²) in [5, 5.41) is 6.06. The molecule has 3 rings (SSSR count). The van der Waals surface area contributed by atoms with Gasteiger partial charge >= 0.3 is 0 Å².